The predicted octanol–water partition coefficient (Wildman–Crippen LogP) is 3.13. The summed E-state index contributed by atoms with van der Waals surface area (Å²) in [4.78, 5) is 3.09. The van der Waals surface area contributed by atoms with Gasteiger partial charge in [0.25, 0.3) is 6.43 Å². The zero-order valence-electron chi connectivity index (χ0n) is 7.52. The fourth-order valence-corrected chi connectivity index (χ4v) is 1.70. The summed E-state index contributed by atoms with van der Waals surface area (Å²) in [6, 6.07) is 0.297. The maximum Gasteiger partial charge on any atom is 0.433 e. The minimum Gasteiger partial charge on any atom is -0.390 e. The fourth-order valence-electron chi connectivity index (χ4n) is 1.01. The third kappa shape index (κ3) is 2.78. The molecule has 8 heteroatoms. The van der Waals surface area contributed by atoms with Gasteiger partial charge in [-0.05, 0) is 28.7 Å². The van der Waals surface area contributed by atoms with Crippen LogP contribution in [-0.2, 0) is 12.8 Å². The van der Waals surface area contributed by atoms with Crippen molar-refractivity contribution in [3.8, 4) is 0 Å². The molecule has 0 aliphatic heterocycles. The number of nitrogens with zero attached hydrogens (tertiary/aromatic N) is 1. The Kier molecular flexibility index (Phi) is 4.05. The molecule has 0 fully saturated rings. The van der Waals surface area contributed by atoms with Gasteiger partial charge >= 0.3 is 6.18 Å². The first-order valence-electron chi connectivity index (χ1n) is 3.93. The van der Waals surface area contributed by atoms with E-state index in [-0.39, 0.29) is 3.57 Å². The second-order valence-electron chi connectivity index (χ2n) is 2.81. The second kappa shape index (κ2) is 4.78. The number of hydrogen-bond donors (Lipinski definition) is 1. The van der Waals surface area contributed by atoms with Gasteiger partial charge in [0.15, 0.2) is 0 Å². The Morgan fingerprint density at radius 2 is 1.94 bits per heavy atom. The highest BCUT2D eigenvalue weighted by Crippen LogP contribution is 2.33. The molecule has 1 rings (SSSR count). The Labute approximate surface area is 101 Å². The summed E-state index contributed by atoms with van der Waals surface area (Å²) in [7, 11) is 0. The van der Waals surface area contributed by atoms with Gasteiger partial charge in [-0.2, -0.15) is 13.2 Å². The van der Waals surface area contributed by atoms with Crippen molar-refractivity contribution in [1.29, 1.82) is 0 Å². The lowest BCUT2D eigenvalue weighted by atomic mass is 10.2. The van der Waals surface area contributed by atoms with Crippen LogP contribution in [0.5, 0.6) is 0 Å². The van der Waals surface area contributed by atoms with Crippen molar-refractivity contribution in [2.24, 2.45) is 0 Å². The minimum atomic E-state index is -4.81. The quantitative estimate of drug-likeness (QED) is 0.655. The van der Waals surface area contributed by atoms with Crippen LogP contribution in [0, 0.1) is 3.57 Å². The van der Waals surface area contributed by atoms with E-state index in [1.807, 2.05) is 0 Å². The first-order valence-corrected chi connectivity index (χ1v) is 5.00. The molecule has 1 aromatic rings. The topological polar surface area (TPSA) is 33.1 Å². The molecular formula is C8H5F5INO. The summed E-state index contributed by atoms with van der Waals surface area (Å²) < 4.78 is 61.6. The van der Waals surface area contributed by atoms with Gasteiger partial charge in [-0.1, -0.05) is 0 Å². The molecule has 1 N–H and O–H groups in total. The average Bonchev–Trinajstić information content (AvgIpc) is 2.15. The van der Waals surface area contributed by atoms with Crippen LogP contribution in [0.25, 0.3) is 0 Å². The van der Waals surface area contributed by atoms with E-state index in [0.29, 0.717) is 6.07 Å². The van der Waals surface area contributed by atoms with Gasteiger partial charge in [0, 0.05) is 9.13 Å². The SMILES string of the molecule is OCc1nc(C(F)(F)F)cc(C(F)F)c1I. The van der Waals surface area contributed by atoms with Gasteiger partial charge in [0.2, 0.25) is 0 Å². The fraction of sp³-hybridized carbons (Fsp3) is 0.375. The summed E-state index contributed by atoms with van der Waals surface area (Å²) in [5, 5.41) is 8.74. The third-order valence-electron chi connectivity index (χ3n) is 1.73. The van der Waals surface area contributed by atoms with Crippen LogP contribution in [-0.4, -0.2) is 10.1 Å². The number of aliphatic hydroxyl groups excluding tert-OH is 1. The van der Waals surface area contributed by atoms with Crippen LogP contribution in [0.3, 0.4) is 0 Å². The Hall–Kier alpha value is -0.510. The zero-order valence-corrected chi connectivity index (χ0v) is 9.68. The predicted molar refractivity (Wildman–Crippen MR) is 52.8 cm³/mol. The number of rotatable bonds is 2. The highest BCUT2D eigenvalue weighted by Gasteiger charge is 2.34. The highest BCUT2D eigenvalue weighted by atomic mass is 127. The Morgan fingerprint density at radius 1 is 1.38 bits per heavy atom. The highest BCUT2D eigenvalue weighted by molar-refractivity contribution is 14.1. The van der Waals surface area contributed by atoms with E-state index in [0.717, 1.165) is 0 Å². The first-order chi connectivity index (χ1) is 7.27. The summed E-state index contributed by atoms with van der Waals surface area (Å²) >= 11 is 1.43. The van der Waals surface area contributed by atoms with Crippen LogP contribution in [0.4, 0.5) is 22.0 Å². The molecule has 1 aromatic heterocycles. The number of alkyl halides is 5. The Bertz CT molecular complexity index is 393. The lowest BCUT2D eigenvalue weighted by molar-refractivity contribution is -0.141. The molecule has 0 radical (unpaired) electrons. The van der Waals surface area contributed by atoms with E-state index in [1.165, 1.54) is 22.6 Å². The molecule has 16 heavy (non-hydrogen) atoms. The maximum absolute atomic E-state index is 12.4. The lowest BCUT2D eigenvalue weighted by Gasteiger charge is -2.12. The van der Waals surface area contributed by atoms with Crippen LogP contribution in [0.15, 0.2) is 6.07 Å². The number of halogens is 6. The van der Waals surface area contributed by atoms with Crippen molar-refractivity contribution in [3.05, 3.63) is 26.6 Å². The number of pyridine rings is 1. The Morgan fingerprint density at radius 3 is 2.31 bits per heavy atom. The molecule has 0 aliphatic carbocycles. The van der Waals surface area contributed by atoms with Crippen LogP contribution >= 0.6 is 22.6 Å². The normalized spacial score (nSPS) is 12.2. The molecule has 2 nitrogen and oxygen atoms in total. The van der Waals surface area contributed by atoms with Crippen molar-refractivity contribution in [2.75, 3.05) is 0 Å². The van der Waals surface area contributed by atoms with Gasteiger partial charge < -0.3 is 5.11 Å². The van der Waals surface area contributed by atoms with Gasteiger partial charge in [0.1, 0.15) is 5.69 Å². The largest absolute Gasteiger partial charge is 0.433 e. The zero-order chi connectivity index (χ0) is 12.5. The molecule has 0 spiro atoms. The lowest BCUT2D eigenvalue weighted by Crippen LogP contribution is -2.12. The molecule has 0 amide bonds. The molecule has 0 aromatic carbocycles. The van der Waals surface area contributed by atoms with Gasteiger partial charge in [-0.15, -0.1) is 0 Å². The molecule has 0 aliphatic rings. The van der Waals surface area contributed by atoms with E-state index < -0.39 is 36.2 Å². The molecule has 0 saturated heterocycles. The smallest absolute Gasteiger partial charge is 0.390 e. The van der Waals surface area contributed by atoms with Gasteiger partial charge in [0.05, 0.1) is 12.3 Å². The van der Waals surface area contributed by atoms with Crippen molar-refractivity contribution >= 4 is 22.6 Å². The van der Waals surface area contributed by atoms with Crippen molar-refractivity contribution in [2.45, 2.75) is 19.2 Å². The number of aromatic nitrogens is 1. The van der Waals surface area contributed by atoms with Crippen molar-refractivity contribution in [1.82, 2.24) is 4.98 Å². The minimum absolute atomic E-state index is 0.150. The number of aliphatic hydroxyl groups is 1. The molecule has 1 heterocycles. The van der Waals surface area contributed by atoms with E-state index >= 15 is 0 Å². The molecule has 0 unspecified atom stereocenters. The number of hydrogen-bond acceptors (Lipinski definition) is 2. The summed E-state index contributed by atoms with van der Waals surface area (Å²) in [6.45, 7) is -0.818. The molecule has 90 valence electrons. The van der Waals surface area contributed by atoms with Crippen LogP contribution in [0.2, 0.25) is 0 Å². The summed E-state index contributed by atoms with van der Waals surface area (Å²) in [5.41, 5.74) is -2.59. The monoisotopic (exact) mass is 353 g/mol. The summed E-state index contributed by atoms with van der Waals surface area (Å²) in [5.74, 6) is 0. The van der Waals surface area contributed by atoms with Crippen LogP contribution in [0.1, 0.15) is 23.4 Å². The maximum atomic E-state index is 12.4. The van der Waals surface area contributed by atoms with E-state index in [1.54, 1.807) is 0 Å². The van der Waals surface area contributed by atoms with E-state index in [2.05, 4.69) is 4.98 Å². The van der Waals surface area contributed by atoms with Crippen molar-refractivity contribution < 1.29 is 27.1 Å². The molecule has 0 bridgehead atoms. The van der Waals surface area contributed by atoms with Gasteiger partial charge in [-0.3, -0.25) is 0 Å². The van der Waals surface area contributed by atoms with Crippen molar-refractivity contribution in [3.63, 3.8) is 0 Å². The first kappa shape index (κ1) is 13.6. The third-order valence-corrected chi connectivity index (χ3v) is 2.98. The van der Waals surface area contributed by atoms with Crippen LogP contribution < -0.4 is 0 Å². The van der Waals surface area contributed by atoms with Gasteiger partial charge in [-0.25, -0.2) is 13.8 Å². The molecule has 0 saturated carbocycles. The van der Waals surface area contributed by atoms with E-state index in [9.17, 15) is 22.0 Å². The average molecular weight is 353 g/mol. The standard InChI is InChI=1S/C8H5F5INO/c9-7(10)3-1-5(8(11,12)13)15-4(2-16)6(3)14/h1,7,16H,2H2. The molecular weight excluding hydrogens is 348 g/mol. The second-order valence-corrected chi connectivity index (χ2v) is 3.89. The van der Waals surface area contributed by atoms with E-state index in [4.69, 9.17) is 5.11 Å². The Balaban J connectivity index is 3.40. The molecule has 0 atom stereocenters. The summed E-state index contributed by atoms with van der Waals surface area (Å²) in [6.07, 6.45) is -7.85.